The van der Waals surface area contributed by atoms with Crippen molar-refractivity contribution in [2.75, 3.05) is 41.0 Å². The smallest absolute Gasteiger partial charge is 0.306 e. The number of esters is 2. The van der Waals surface area contributed by atoms with Gasteiger partial charge in [-0.15, -0.1) is 0 Å². The van der Waals surface area contributed by atoms with Crippen LogP contribution in [0.1, 0.15) is 174 Å². The molecule has 0 aliphatic rings. The second-order valence-corrected chi connectivity index (χ2v) is 15.6. The largest absolute Gasteiger partial charge is 0.544 e. The summed E-state index contributed by atoms with van der Waals surface area (Å²) in [4.78, 5) is 36.8. The number of quaternary nitrogens is 1. The van der Waals surface area contributed by atoms with Gasteiger partial charge < -0.3 is 28.6 Å². The lowest BCUT2D eigenvalue weighted by molar-refractivity contribution is -0.889. The maximum Gasteiger partial charge on any atom is 0.306 e. The summed E-state index contributed by atoms with van der Waals surface area (Å²) in [7, 11) is 5.40. The number of hydrogen-bond donors (Lipinski definition) is 0. The van der Waals surface area contributed by atoms with Gasteiger partial charge in [0.05, 0.1) is 40.3 Å². The molecule has 2 unspecified atom stereocenters. The minimum absolute atomic E-state index is 0.0345. The van der Waals surface area contributed by atoms with E-state index in [9.17, 15) is 19.5 Å². The van der Waals surface area contributed by atoms with E-state index in [1.165, 1.54) is 89.9 Å². The summed E-state index contributed by atoms with van der Waals surface area (Å²) in [5, 5.41) is 11.6. The third-order valence-electron chi connectivity index (χ3n) is 9.51. The van der Waals surface area contributed by atoms with Crippen LogP contribution in [0.4, 0.5) is 0 Å². The molecule has 0 fully saturated rings. The van der Waals surface area contributed by atoms with Crippen LogP contribution in [0.2, 0.25) is 0 Å². The summed E-state index contributed by atoms with van der Waals surface area (Å²) in [6.45, 7) is 4.50. The van der Waals surface area contributed by atoms with Gasteiger partial charge in [0, 0.05) is 19.3 Å². The van der Waals surface area contributed by atoms with Crippen LogP contribution in [0.3, 0.4) is 0 Å². The average molecular weight is 760 g/mol. The number of hydrogen-bond acceptors (Lipinski definition) is 7. The fourth-order valence-electron chi connectivity index (χ4n) is 6.12. The molecule has 0 amide bonds. The van der Waals surface area contributed by atoms with E-state index in [2.05, 4.69) is 62.5 Å². The first kappa shape index (κ1) is 51.3. The molecule has 0 saturated heterocycles. The Hall–Kier alpha value is -2.71. The van der Waals surface area contributed by atoms with Crippen LogP contribution in [0.15, 0.2) is 48.6 Å². The number of carboxylic acid groups (broad SMARTS) is 1. The Labute approximate surface area is 331 Å². The first-order chi connectivity index (χ1) is 26.1. The second kappa shape index (κ2) is 37.2. The van der Waals surface area contributed by atoms with E-state index < -0.39 is 18.1 Å². The quantitative estimate of drug-likeness (QED) is 0.0203. The normalized spacial score (nSPS) is 13.4. The van der Waals surface area contributed by atoms with Crippen molar-refractivity contribution in [3.05, 3.63) is 48.6 Å². The lowest BCUT2D eigenvalue weighted by atomic mass is 10.1. The summed E-state index contributed by atoms with van der Waals surface area (Å²) in [5.41, 5.74) is 0. The first-order valence-corrected chi connectivity index (χ1v) is 21.7. The number of carbonyl (C=O) groups is 3. The van der Waals surface area contributed by atoms with Crippen molar-refractivity contribution in [1.82, 2.24) is 0 Å². The molecule has 0 bridgehead atoms. The molecular weight excluding hydrogens is 679 g/mol. The standard InChI is InChI=1S/C46H81NO7/c1-6-8-10-12-14-16-18-20-22-24-26-28-30-32-34-36-44(48)53-41-42(40-52-39-38-43(46(50)51)47(3,4)5)54-45(49)37-35-33-31-29-27-25-23-21-19-17-15-13-11-9-7-2/h8,10,12,14,16-19,42-43H,6-7,9,11,13,15,20-41H2,1-5H3/b10-8+,14-12+,18-16+,19-17+. The second-order valence-electron chi connectivity index (χ2n) is 15.6. The predicted molar refractivity (Wildman–Crippen MR) is 222 cm³/mol. The highest BCUT2D eigenvalue weighted by Gasteiger charge is 2.25. The minimum atomic E-state index is -1.13. The zero-order chi connectivity index (χ0) is 40.0. The Bertz CT molecular complexity index is 1030. The number of carboxylic acids is 1. The molecular formula is C46H81NO7. The van der Waals surface area contributed by atoms with Crippen LogP contribution in [0.5, 0.6) is 0 Å². The highest BCUT2D eigenvalue weighted by Crippen LogP contribution is 2.14. The average Bonchev–Trinajstić information content (AvgIpc) is 3.12. The molecule has 0 spiro atoms. The predicted octanol–water partition coefficient (Wildman–Crippen LogP) is 10.3. The number of aliphatic carboxylic acids is 1. The molecule has 312 valence electrons. The Kier molecular flexibility index (Phi) is 35.4. The molecule has 0 saturated carbocycles. The van der Waals surface area contributed by atoms with Crippen molar-refractivity contribution in [1.29, 1.82) is 0 Å². The number of ether oxygens (including phenoxy) is 3. The molecule has 0 aliphatic heterocycles. The Morgan fingerprint density at radius 1 is 0.574 bits per heavy atom. The molecule has 0 rings (SSSR count). The van der Waals surface area contributed by atoms with Crippen molar-refractivity contribution in [3.63, 3.8) is 0 Å². The fraction of sp³-hybridized carbons (Fsp3) is 0.761. The Morgan fingerprint density at radius 3 is 1.57 bits per heavy atom. The molecule has 0 aromatic heterocycles. The van der Waals surface area contributed by atoms with Crippen LogP contribution in [0, 0.1) is 0 Å². The van der Waals surface area contributed by atoms with Gasteiger partial charge in [-0.05, 0) is 57.8 Å². The van der Waals surface area contributed by atoms with Crippen molar-refractivity contribution in [3.8, 4) is 0 Å². The van der Waals surface area contributed by atoms with Gasteiger partial charge in [0.15, 0.2) is 6.10 Å². The topological polar surface area (TPSA) is 102 Å². The van der Waals surface area contributed by atoms with Crippen LogP contribution in [-0.2, 0) is 28.6 Å². The summed E-state index contributed by atoms with van der Waals surface area (Å²) >= 11 is 0. The Morgan fingerprint density at radius 2 is 1.06 bits per heavy atom. The van der Waals surface area contributed by atoms with Gasteiger partial charge in [0.25, 0.3) is 0 Å². The summed E-state index contributed by atoms with van der Waals surface area (Å²) in [5.74, 6) is -1.76. The van der Waals surface area contributed by atoms with E-state index in [0.29, 0.717) is 12.8 Å². The van der Waals surface area contributed by atoms with E-state index in [-0.39, 0.29) is 42.7 Å². The molecule has 2 atom stereocenters. The molecule has 0 radical (unpaired) electrons. The maximum atomic E-state index is 12.7. The minimum Gasteiger partial charge on any atom is -0.544 e. The lowest BCUT2D eigenvalue weighted by Gasteiger charge is -2.34. The van der Waals surface area contributed by atoms with Crippen LogP contribution >= 0.6 is 0 Å². The Balaban J connectivity index is 4.37. The van der Waals surface area contributed by atoms with E-state index in [1.54, 1.807) is 21.1 Å². The van der Waals surface area contributed by atoms with E-state index in [4.69, 9.17) is 14.2 Å². The van der Waals surface area contributed by atoms with E-state index >= 15 is 0 Å². The first-order valence-electron chi connectivity index (χ1n) is 21.7. The molecule has 0 heterocycles. The van der Waals surface area contributed by atoms with Gasteiger partial charge in [-0.1, -0.05) is 146 Å². The monoisotopic (exact) mass is 760 g/mol. The summed E-state index contributed by atoms with van der Waals surface area (Å²) in [6, 6.07) is -0.728. The highest BCUT2D eigenvalue weighted by atomic mass is 16.6. The molecule has 0 aromatic carbocycles. The van der Waals surface area contributed by atoms with Gasteiger partial charge in [-0.2, -0.15) is 0 Å². The van der Waals surface area contributed by atoms with Crippen molar-refractivity contribution in [2.24, 2.45) is 0 Å². The van der Waals surface area contributed by atoms with E-state index in [0.717, 1.165) is 51.4 Å². The zero-order valence-electron chi connectivity index (χ0n) is 35.4. The number of likely N-dealkylation sites (N-methyl/N-ethyl adjacent to an activating group) is 1. The van der Waals surface area contributed by atoms with Crippen molar-refractivity contribution < 1.29 is 38.2 Å². The summed E-state index contributed by atoms with van der Waals surface area (Å²) < 4.78 is 17.1. The summed E-state index contributed by atoms with van der Waals surface area (Å²) in [6.07, 6.45) is 42.7. The van der Waals surface area contributed by atoms with Gasteiger partial charge in [-0.25, -0.2) is 0 Å². The van der Waals surface area contributed by atoms with E-state index in [1.807, 2.05) is 0 Å². The molecule has 0 aromatic rings. The van der Waals surface area contributed by atoms with Crippen molar-refractivity contribution in [2.45, 2.75) is 187 Å². The van der Waals surface area contributed by atoms with Crippen LogP contribution in [-0.4, -0.2) is 75.5 Å². The zero-order valence-corrected chi connectivity index (χ0v) is 35.4. The number of nitrogens with zero attached hydrogens (tertiary/aromatic N) is 1. The van der Waals surface area contributed by atoms with Gasteiger partial charge in [0.2, 0.25) is 0 Å². The van der Waals surface area contributed by atoms with Gasteiger partial charge >= 0.3 is 11.9 Å². The third-order valence-corrected chi connectivity index (χ3v) is 9.51. The fourth-order valence-corrected chi connectivity index (χ4v) is 6.12. The van der Waals surface area contributed by atoms with Gasteiger partial charge in [-0.3, -0.25) is 9.59 Å². The van der Waals surface area contributed by atoms with Crippen LogP contribution in [0.25, 0.3) is 0 Å². The number of unbranched alkanes of at least 4 members (excludes halogenated alkanes) is 18. The van der Waals surface area contributed by atoms with Gasteiger partial charge in [0.1, 0.15) is 12.6 Å². The number of rotatable bonds is 38. The molecule has 54 heavy (non-hydrogen) atoms. The van der Waals surface area contributed by atoms with Crippen molar-refractivity contribution >= 4 is 17.9 Å². The molecule has 0 aliphatic carbocycles. The highest BCUT2D eigenvalue weighted by molar-refractivity contribution is 5.70. The number of allylic oxidation sites excluding steroid dienone is 8. The number of carbonyl (C=O) groups excluding carboxylic acids is 3. The van der Waals surface area contributed by atoms with Crippen LogP contribution < -0.4 is 5.11 Å². The molecule has 8 nitrogen and oxygen atoms in total. The third kappa shape index (κ3) is 35.0. The molecule has 8 heteroatoms. The molecule has 0 N–H and O–H groups in total. The lowest BCUT2D eigenvalue weighted by Crippen LogP contribution is -2.55. The maximum absolute atomic E-state index is 12.7. The SMILES string of the molecule is CC/C=C/C=C/C=C/CCCCCCCCCC(=O)OCC(COCCC(C(=O)[O-])[N+](C)(C)C)OC(=O)CCCCCCCCC/C=C/CCCCCC.